The van der Waals surface area contributed by atoms with Crippen LogP contribution in [0.3, 0.4) is 0 Å². The Labute approximate surface area is 460 Å². The Bertz CT molecular complexity index is 3580. The molecule has 75 heavy (non-hydrogen) atoms. The van der Waals surface area contributed by atoms with Crippen LogP contribution in [0.5, 0.6) is 0 Å². The molecule has 0 saturated carbocycles. The number of hydrogen-bond donors (Lipinski definition) is 0. The molecule has 0 aliphatic rings. The van der Waals surface area contributed by atoms with Gasteiger partial charge in [-0.2, -0.15) is 0 Å². The molecule has 0 unspecified atom stereocenters. The van der Waals surface area contributed by atoms with E-state index in [2.05, 4.69) is 248 Å². The van der Waals surface area contributed by atoms with Gasteiger partial charge in [-0.1, -0.05) is 171 Å². The fourth-order valence-electron chi connectivity index (χ4n) is 9.90. The Kier molecular flexibility index (Phi) is 15.3. The Morgan fingerprint density at radius 2 is 1.15 bits per heavy atom. The molecule has 0 fully saturated rings. The third-order valence-electron chi connectivity index (χ3n) is 14.3. The maximum Gasteiger partial charge on any atom is 0.216 e. The minimum absolute atomic E-state index is 0. The summed E-state index contributed by atoms with van der Waals surface area (Å²) in [6.07, 6.45) is 1.87. The van der Waals surface area contributed by atoms with Crippen molar-refractivity contribution >= 4 is 33.1 Å². The first-order valence-electron chi connectivity index (χ1n) is 26.5. The molecule has 4 aromatic heterocycles. The Morgan fingerprint density at radius 3 is 1.73 bits per heavy atom. The van der Waals surface area contributed by atoms with Crippen molar-refractivity contribution < 1.29 is 24.5 Å². The van der Waals surface area contributed by atoms with Gasteiger partial charge in [0.25, 0.3) is 0 Å². The number of aromatic nitrogens is 4. The summed E-state index contributed by atoms with van der Waals surface area (Å²) in [5.74, 6) is 1.32. The molecule has 5 nitrogen and oxygen atoms in total. The van der Waals surface area contributed by atoms with Gasteiger partial charge >= 0.3 is 0 Å². The number of benzene rings is 6. The standard InChI is InChI=1S/C54H58N3O.C15H16N.Ir/c1-32(2)41-29-35(34-19-15-14-16-20-34)30-42(33(3)4)48(41)57-46-22-18-17-21-45(46)55-50(57)40-23-25-43(54(11,12)13)47-39-24-26-44(56-51(39)58-49(40)47)36-27-37(52(5,6)7)31-38(28-36)53(8,9)10;1-15(2,3)13-9-10-16-14(11-13)12-7-5-4-6-8-12;/h14-22,24-33H,1-13H3;4-7,9-11H,1-3H3;/q2*-1;. The van der Waals surface area contributed by atoms with Gasteiger partial charge in [0.15, 0.2) is 0 Å². The SMILES string of the molecule is CC(C)(C)c1ccnc(-c2[c-]cccc2)c1.CC(C)c1cc(-c2ccccc2)cc(C(C)C)c1-n1c(-c2[c-]cc(C(C)(C)C)c3c2oc2nc(-c4cc(C(C)(C)C)cc(C(C)(C)C)c4)ccc23)nc2ccccc21.[Ir]. The van der Waals surface area contributed by atoms with Crippen LogP contribution >= 0.6 is 0 Å². The van der Waals surface area contributed by atoms with Crippen LogP contribution in [0.25, 0.3) is 83.8 Å². The van der Waals surface area contributed by atoms with Crippen molar-refractivity contribution in [2.75, 3.05) is 0 Å². The van der Waals surface area contributed by atoms with Gasteiger partial charge in [0, 0.05) is 42.9 Å². The maximum atomic E-state index is 7.05. The zero-order valence-electron chi connectivity index (χ0n) is 47.0. The van der Waals surface area contributed by atoms with Crippen LogP contribution < -0.4 is 0 Å². The number of hydrogen-bond acceptors (Lipinski definition) is 4. The molecule has 0 aliphatic carbocycles. The molecule has 1 radical (unpaired) electrons. The predicted molar refractivity (Wildman–Crippen MR) is 313 cm³/mol. The van der Waals surface area contributed by atoms with E-state index in [1.165, 1.54) is 50.2 Å². The van der Waals surface area contributed by atoms with Crippen LogP contribution in [0.15, 0.2) is 150 Å². The van der Waals surface area contributed by atoms with Crippen molar-refractivity contribution in [2.45, 2.75) is 144 Å². The van der Waals surface area contributed by atoms with E-state index in [0.717, 1.165) is 61.3 Å². The van der Waals surface area contributed by atoms with E-state index in [0.29, 0.717) is 5.71 Å². The second kappa shape index (κ2) is 20.9. The monoisotopic (exact) mass is 1170 g/mol. The third kappa shape index (κ3) is 11.3. The number of pyridine rings is 2. The molecule has 0 N–H and O–H groups in total. The van der Waals surface area contributed by atoms with E-state index in [-0.39, 0.29) is 53.6 Å². The van der Waals surface area contributed by atoms with E-state index >= 15 is 0 Å². The zero-order valence-corrected chi connectivity index (χ0v) is 49.4. The minimum atomic E-state index is -0.172. The van der Waals surface area contributed by atoms with Crippen molar-refractivity contribution in [2.24, 2.45) is 0 Å². The van der Waals surface area contributed by atoms with Crippen LogP contribution in [-0.2, 0) is 41.8 Å². The number of furan rings is 1. The summed E-state index contributed by atoms with van der Waals surface area (Å²) in [6.45, 7) is 36.2. The first-order valence-corrected chi connectivity index (χ1v) is 26.5. The summed E-state index contributed by atoms with van der Waals surface area (Å²) in [7, 11) is 0. The fourth-order valence-corrected chi connectivity index (χ4v) is 9.90. The Hall–Kier alpha value is -6.46. The van der Waals surface area contributed by atoms with Crippen LogP contribution in [0.4, 0.5) is 0 Å². The summed E-state index contributed by atoms with van der Waals surface area (Å²) in [5.41, 5.74) is 19.5. The van der Waals surface area contributed by atoms with Crippen molar-refractivity contribution in [3.05, 3.63) is 191 Å². The first-order chi connectivity index (χ1) is 34.9. The van der Waals surface area contributed by atoms with E-state index in [1.807, 2.05) is 30.5 Å². The fraction of sp³-hybridized carbons (Fsp3) is 0.319. The van der Waals surface area contributed by atoms with E-state index in [4.69, 9.17) is 14.4 Å². The van der Waals surface area contributed by atoms with Gasteiger partial charge in [0.1, 0.15) is 0 Å². The van der Waals surface area contributed by atoms with Gasteiger partial charge in [-0.15, -0.1) is 53.6 Å². The molecule has 10 rings (SSSR count). The zero-order chi connectivity index (χ0) is 53.1. The molecule has 4 heterocycles. The maximum absolute atomic E-state index is 7.05. The normalized spacial score (nSPS) is 12.4. The third-order valence-corrected chi connectivity index (χ3v) is 14.3. The van der Waals surface area contributed by atoms with Crippen LogP contribution in [0.2, 0.25) is 0 Å². The van der Waals surface area contributed by atoms with Gasteiger partial charge in [0.05, 0.1) is 28.1 Å². The van der Waals surface area contributed by atoms with Crippen LogP contribution in [0, 0.1) is 12.1 Å². The van der Waals surface area contributed by atoms with E-state index in [9.17, 15) is 0 Å². The topological polar surface area (TPSA) is 56.7 Å². The molecule has 0 amide bonds. The number of nitrogens with zero attached hydrogens (tertiary/aromatic N) is 4. The molecule has 0 atom stereocenters. The minimum Gasteiger partial charge on any atom is -0.486 e. The van der Waals surface area contributed by atoms with E-state index < -0.39 is 0 Å². The van der Waals surface area contributed by atoms with E-state index in [1.54, 1.807) is 0 Å². The molecule has 0 bridgehead atoms. The van der Waals surface area contributed by atoms with Crippen molar-refractivity contribution in [3.8, 4) is 50.7 Å². The summed E-state index contributed by atoms with van der Waals surface area (Å²) < 4.78 is 9.44. The number of para-hydroxylation sites is 2. The molecule has 387 valence electrons. The first kappa shape index (κ1) is 54.8. The van der Waals surface area contributed by atoms with Gasteiger partial charge in [-0.3, -0.25) is 4.98 Å². The average molecular weight is 1170 g/mol. The molecule has 0 spiro atoms. The molecular weight excluding hydrogens is 1090 g/mol. The number of fused-ring (bicyclic) bond motifs is 4. The van der Waals surface area contributed by atoms with Crippen molar-refractivity contribution in [3.63, 3.8) is 0 Å². The van der Waals surface area contributed by atoms with Crippen LogP contribution in [0.1, 0.15) is 156 Å². The number of rotatable bonds is 7. The van der Waals surface area contributed by atoms with Crippen molar-refractivity contribution in [1.29, 1.82) is 0 Å². The van der Waals surface area contributed by atoms with Gasteiger partial charge in [0.2, 0.25) is 5.71 Å². The second-order valence-corrected chi connectivity index (χ2v) is 24.9. The Balaban J connectivity index is 0.000000375. The van der Waals surface area contributed by atoms with Gasteiger partial charge in [-0.05, 0) is 138 Å². The Morgan fingerprint density at radius 1 is 0.533 bits per heavy atom. The summed E-state index contributed by atoms with van der Waals surface area (Å²) in [6, 6.07) is 56.6. The second-order valence-electron chi connectivity index (χ2n) is 24.9. The number of imidazole rings is 1. The molecule has 6 heteroatoms. The average Bonchev–Trinajstić information content (AvgIpc) is 3.94. The van der Waals surface area contributed by atoms with Crippen molar-refractivity contribution in [1.82, 2.24) is 19.5 Å². The summed E-state index contributed by atoms with van der Waals surface area (Å²) in [4.78, 5) is 15.1. The molecular formula is C69H74IrN4O-2. The molecule has 10 aromatic rings. The summed E-state index contributed by atoms with van der Waals surface area (Å²) >= 11 is 0. The van der Waals surface area contributed by atoms with Gasteiger partial charge < -0.3 is 14.0 Å². The summed E-state index contributed by atoms with van der Waals surface area (Å²) in [5, 5.41) is 2.07. The predicted octanol–water partition coefficient (Wildman–Crippen LogP) is 19.1. The molecule has 0 aliphatic heterocycles. The molecule has 6 aromatic carbocycles. The molecule has 0 saturated heterocycles. The quantitative estimate of drug-likeness (QED) is 0.149. The van der Waals surface area contributed by atoms with Crippen LogP contribution in [-0.4, -0.2) is 19.5 Å². The smallest absolute Gasteiger partial charge is 0.216 e. The van der Waals surface area contributed by atoms with Gasteiger partial charge in [-0.25, -0.2) is 4.98 Å². The largest absolute Gasteiger partial charge is 0.486 e.